The van der Waals surface area contributed by atoms with E-state index in [0.29, 0.717) is 0 Å². The van der Waals surface area contributed by atoms with E-state index in [0.717, 1.165) is 0 Å². The molecule has 13 heavy (non-hydrogen) atoms. The summed E-state index contributed by atoms with van der Waals surface area (Å²) in [5.74, 6) is -0.241. The van der Waals surface area contributed by atoms with Crippen LogP contribution >= 0.6 is 0 Å². The summed E-state index contributed by atoms with van der Waals surface area (Å²) in [7, 11) is 0. The first-order chi connectivity index (χ1) is 6.29. The van der Waals surface area contributed by atoms with Crippen molar-refractivity contribution >= 4 is 11.6 Å². The lowest BCUT2D eigenvalue weighted by atomic mass is 10.2. The minimum atomic E-state index is -0.121. The monoisotopic (exact) mass is 176 g/mol. The van der Waals surface area contributed by atoms with Crippen LogP contribution in [0.2, 0.25) is 0 Å². The Kier molecular flexibility index (Phi) is 3.45. The molecule has 0 saturated heterocycles. The Hall–Kier alpha value is -1.90. The van der Waals surface area contributed by atoms with Gasteiger partial charge in [0.1, 0.15) is 0 Å². The van der Waals surface area contributed by atoms with E-state index in [4.69, 9.17) is 0 Å². The molecule has 1 heterocycles. The molecule has 0 unspecified atom stereocenters. The van der Waals surface area contributed by atoms with Crippen LogP contribution in [0.5, 0.6) is 0 Å². The van der Waals surface area contributed by atoms with Gasteiger partial charge in [0.2, 0.25) is 0 Å². The van der Waals surface area contributed by atoms with Crippen molar-refractivity contribution in [2.24, 2.45) is 0 Å². The Bertz CT molecular complexity index is 276. The summed E-state index contributed by atoms with van der Waals surface area (Å²) in [6.45, 7) is 0. The smallest absolute Gasteiger partial charge is 0.178 e. The van der Waals surface area contributed by atoms with Crippen molar-refractivity contribution in [2.75, 3.05) is 0 Å². The molecule has 66 valence electrons. The van der Waals surface area contributed by atoms with Gasteiger partial charge in [-0.25, -0.2) is 0 Å². The van der Waals surface area contributed by atoms with Gasteiger partial charge < -0.3 is 4.42 Å². The topological polar surface area (TPSA) is 47.3 Å². The Balaban J connectivity index is 0.000000145. The van der Waals surface area contributed by atoms with Gasteiger partial charge in [-0.1, -0.05) is 0 Å². The highest BCUT2D eigenvalue weighted by Crippen LogP contribution is 1.90. The first-order valence-electron chi connectivity index (χ1n) is 3.70. The van der Waals surface area contributed by atoms with Crippen molar-refractivity contribution in [3.8, 4) is 0 Å². The predicted molar refractivity (Wildman–Crippen MR) is 47.0 cm³/mol. The Morgan fingerprint density at radius 1 is 0.769 bits per heavy atom. The SMILES string of the molecule is O=C1C=CC(=O)C=C1.c1ccoc1. The standard InChI is InChI=1S/C6H4O2.C4H4O/c7-5-1-2-6(8)4-3-5;1-2-4-5-3-1/h1-4H;1-4H. The number of allylic oxidation sites excluding steroid dienone is 4. The van der Waals surface area contributed by atoms with E-state index in [1.165, 1.54) is 24.3 Å². The van der Waals surface area contributed by atoms with Crippen molar-refractivity contribution in [2.45, 2.75) is 0 Å². The number of carbonyl (C=O) groups excluding carboxylic acids is 2. The van der Waals surface area contributed by atoms with E-state index in [1.807, 2.05) is 12.1 Å². The largest absolute Gasteiger partial charge is 0.473 e. The molecule has 0 amide bonds. The number of rotatable bonds is 0. The molecule has 2 rings (SSSR count). The maximum absolute atomic E-state index is 10.3. The molecule has 0 spiro atoms. The van der Waals surface area contributed by atoms with Crippen LogP contribution in [0.25, 0.3) is 0 Å². The summed E-state index contributed by atoms with van der Waals surface area (Å²) in [5.41, 5.74) is 0. The van der Waals surface area contributed by atoms with Crippen LogP contribution in [0.4, 0.5) is 0 Å². The van der Waals surface area contributed by atoms with Crippen LogP contribution < -0.4 is 0 Å². The maximum atomic E-state index is 10.3. The normalized spacial score (nSPS) is 13.8. The lowest BCUT2D eigenvalue weighted by Crippen LogP contribution is -1.97. The summed E-state index contributed by atoms with van der Waals surface area (Å²) in [4.78, 5) is 20.6. The molecule has 0 saturated carbocycles. The highest BCUT2D eigenvalue weighted by molar-refractivity contribution is 6.14. The van der Waals surface area contributed by atoms with E-state index < -0.39 is 0 Å². The number of ketones is 2. The van der Waals surface area contributed by atoms with Gasteiger partial charge >= 0.3 is 0 Å². The van der Waals surface area contributed by atoms with Gasteiger partial charge in [-0.2, -0.15) is 0 Å². The molecule has 0 atom stereocenters. The van der Waals surface area contributed by atoms with E-state index in [1.54, 1.807) is 12.5 Å². The minimum absolute atomic E-state index is 0.121. The highest BCUT2D eigenvalue weighted by Gasteiger charge is 1.97. The first kappa shape index (κ1) is 9.19. The van der Waals surface area contributed by atoms with Gasteiger partial charge in [-0.3, -0.25) is 9.59 Å². The quantitative estimate of drug-likeness (QED) is 0.563. The van der Waals surface area contributed by atoms with E-state index in [2.05, 4.69) is 4.42 Å². The zero-order valence-electron chi connectivity index (χ0n) is 6.84. The second-order valence-corrected chi connectivity index (χ2v) is 2.26. The average molecular weight is 176 g/mol. The van der Waals surface area contributed by atoms with Crippen LogP contribution in [0.3, 0.4) is 0 Å². The fraction of sp³-hybridized carbons (Fsp3) is 0. The molecule has 1 aliphatic carbocycles. The number of hydrogen-bond acceptors (Lipinski definition) is 3. The van der Waals surface area contributed by atoms with Gasteiger partial charge in [0.25, 0.3) is 0 Å². The first-order valence-corrected chi connectivity index (χ1v) is 3.70. The molecular weight excluding hydrogens is 168 g/mol. The summed E-state index contributed by atoms with van der Waals surface area (Å²) in [5, 5.41) is 0. The molecule has 0 radical (unpaired) electrons. The number of carbonyl (C=O) groups is 2. The summed E-state index contributed by atoms with van der Waals surface area (Å²) >= 11 is 0. The third kappa shape index (κ3) is 3.86. The molecule has 1 aromatic rings. The van der Waals surface area contributed by atoms with Crippen molar-refractivity contribution in [3.05, 3.63) is 49.0 Å². The molecule has 0 bridgehead atoms. The Morgan fingerprint density at radius 3 is 1.38 bits per heavy atom. The fourth-order valence-corrected chi connectivity index (χ4v) is 0.666. The van der Waals surface area contributed by atoms with E-state index in [-0.39, 0.29) is 11.6 Å². The second kappa shape index (κ2) is 4.87. The molecule has 0 fully saturated rings. The van der Waals surface area contributed by atoms with Gasteiger partial charge in [0.05, 0.1) is 12.5 Å². The van der Waals surface area contributed by atoms with Gasteiger partial charge in [-0.15, -0.1) is 0 Å². The van der Waals surface area contributed by atoms with E-state index >= 15 is 0 Å². The second-order valence-electron chi connectivity index (χ2n) is 2.26. The lowest BCUT2D eigenvalue weighted by Gasteiger charge is -1.87. The molecule has 1 aromatic heterocycles. The summed E-state index contributed by atoms with van der Waals surface area (Å²) < 4.78 is 4.58. The fourth-order valence-electron chi connectivity index (χ4n) is 0.666. The Morgan fingerprint density at radius 2 is 1.15 bits per heavy atom. The maximum Gasteiger partial charge on any atom is 0.178 e. The van der Waals surface area contributed by atoms with Gasteiger partial charge in [-0.05, 0) is 36.4 Å². The minimum Gasteiger partial charge on any atom is -0.473 e. The summed E-state index contributed by atoms with van der Waals surface area (Å²) in [6.07, 6.45) is 8.26. The van der Waals surface area contributed by atoms with Crippen molar-refractivity contribution < 1.29 is 14.0 Å². The molecule has 0 N–H and O–H groups in total. The highest BCUT2D eigenvalue weighted by atomic mass is 16.3. The van der Waals surface area contributed by atoms with E-state index in [9.17, 15) is 9.59 Å². The molecule has 3 heteroatoms. The van der Waals surface area contributed by atoms with Gasteiger partial charge in [0.15, 0.2) is 11.6 Å². The zero-order chi connectivity index (χ0) is 9.52. The Labute approximate surface area is 75.4 Å². The van der Waals surface area contributed by atoms with Crippen LogP contribution in [-0.4, -0.2) is 11.6 Å². The number of furan rings is 1. The average Bonchev–Trinajstić information content (AvgIpc) is 2.68. The van der Waals surface area contributed by atoms with Crippen molar-refractivity contribution in [1.82, 2.24) is 0 Å². The molecule has 3 nitrogen and oxygen atoms in total. The summed E-state index contributed by atoms with van der Waals surface area (Å²) in [6, 6.07) is 3.67. The van der Waals surface area contributed by atoms with Crippen LogP contribution in [0, 0.1) is 0 Å². The van der Waals surface area contributed by atoms with Crippen LogP contribution in [-0.2, 0) is 9.59 Å². The molecular formula is C10H8O3. The third-order valence-electron chi connectivity index (χ3n) is 1.25. The van der Waals surface area contributed by atoms with Crippen molar-refractivity contribution in [1.29, 1.82) is 0 Å². The third-order valence-corrected chi connectivity index (χ3v) is 1.25. The molecule has 1 aliphatic rings. The van der Waals surface area contributed by atoms with Crippen molar-refractivity contribution in [3.63, 3.8) is 0 Å². The number of hydrogen-bond donors (Lipinski definition) is 0. The zero-order valence-corrected chi connectivity index (χ0v) is 6.84. The van der Waals surface area contributed by atoms with Crippen LogP contribution in [0.1, 0.15) is 0 Å². The lowest BCUT2D eigenvalue weighted by molar-refractivity contribution is -0.113. The molecule has 0 aromatic carbocycles. The van der Waals surface area contributed by atoms with Crippen LogP contribution in [0.15, 0.2) is 53.4 Å². The predicted octanol–water partition coefficient (Wildman–Crippen LogP) is 1.53. The molecule has 0 aliphatic heterocycles. The van der Waals surface area contributed by atoms with Gasteiger partial charge in [0, 0.05) is 0 Å².